The van der Waals surface area contributed by atoms with E-state index in [1.807, 2.05) is 0 Å². The van der Waals surface area contributed by atoms with Gasteiger partial charge in [-0.05, 0) is 49.9 Å². The molecule has 0 aliphatic carbocycles. The Morgan fingerprint density at radius 3 is 2.61 bits per heavy atom. The van der Waals surface area contributed by atoms with E-state index in [0.717, 1.165) is 19.3 Å². The average molecular weight is 345 g/mol. The van der Waals surface area contributed by atoms with Gasteiger partial charge in [0.15, 0.2) is 11.5 Å². The lowest BCUT2D eigenvalue weighted by Crippen LogP contribution is -2.24. The number of amides is 1. The summed E-state index contributed by atoms with van der Waals surface area (Å²) in [6.07, 6.45) is 2.77. The Bertz CT molecular complexity index is 467. The van der Waals surface area contributed by atoms with Crippen LogP contribution in [0.1, 0.15) is 43.5 Å². The van der Waals surface area contributed by atoms with Gasteiger partial charge in [-0.3, -0.25) is 4.79 Å². The molecule has 1 aromatic rings. The molecular weight excluding hydrogens is 316 g/mol. The van der Waals surface area contributed by atoms with Crippen molar-refractivity contribution >= 4 is 18.3 Å². The fourth-order valence-electron chi connectivity index (χ4n) is 1.91. The zero-order valence-corrected chi connectivity index (χ0v) is 15.1. The third kappa shape index (κ3) is 8.09. The second-order valence-electron chi connectivity index (χ2n) is 5.65. The van der Waals surface area contributed by atoms with Crippen molar-refractivity contribution in [3.63, 3.8) is 0 Å². The predicted octanol–water partition coefficient (Wildman–Crippen LogP) is 3.01. The molecule has 0 aliphatic heterocycles. The molecule has 0 fully saturated rings. The maximum absolute atomic E-state index is 12.1. The van der Waals surface area contributed by atoms with E-state index in [1.165, 1.54) is 0 Å². The zero-order chi connectivity index (χ0) is 16.4. The highest BCUT2D eigenvalue weighted by Gasteiger charge is 2.11. The summed E-state index contributed by atoms with van der Waals surface area (Å²) in [5, 5.41) is 2.87. The summed E-state index contributed by atoms with van der Waals surface area (Å²) < 4.78 is 11.0. The van der Waals surface area contributed by atoms with Gasteiger partial charge >= 0.3 is 0 Å². The molecule has 0 radical (unpaired) electrons. The van der Waals surface area contributed by atoms with Crippen molar-refractivity contribution in [3.8, 4) is 11.5 Å². The van der Waals surface area contributed by atoms with Gasteiger partial charge in [-0.1, -0.05) is 13.8 Å². The van der Waals surface area contributed by atoms with Gasteiger partial charge in [0.05, 0.1) is 13.7 Å². The van der Waals surface area contributed by atoms with E-state index in [4.69, 9.17) is 15.2 Å². The van der Waals surface area contributed by atoms with Crippen LogP contribution in [-0.4, -0.2) is 32.7 Å². The SMILES string of the molecule is COc1cc(C(=O)NCCCCN)ccc1OCCC(C)C.Cl. The lowest BCUT2D eigenvalue weighted by molar-refractivity contribution is 0.0952. The van der Waals surface area contributed by atoms with Crippen molar-refractivity contribution in [3.05, 3.63) is 23.8 Å². The summed E-state index contributed by atoms with van der Waals surface area (Å²) >= 11 is 0. The van der Waals surface area contributed by atoms with Gasteiger partial charge < -0.3 is 20.5 Å². The Labute approximate surface area is 145 Å². The first-order valence-electron chi connectivity index (χ1n) is 7.87. The lowest BCUT2D eigenvalue weighted by atomic mass is 10.1. The number of carbonyl (C=O) groups excluding carboxylic acids is 1. The number of ether oxygens (including phenoxy) is 2. The van der Waals surface area contributed by atoms with Gasteiger partial charge in [0, 0.05) is 12.1 Å². The minimum atomic E-state index is -0.107. The topological polar surface area (TPSA) is 73.6 Å². The summed E-state index contributed by atoms with van der Waals surface area (Å²) in [5.41, 5.74) is 6.00. The molecule has 1 rings (SSSR count). The van der Waals surface area contributed by atoms with Gasteiger partial charge in [-0.15, -0.1) is 12.4 Å². The Morgan fingerprint density at radius 1 is 1.26 bits per heavy atom. The van der Waals surface area contributed by atoms with Gasteiger partial charge in [0.2, 0.25) is 0 Å². The summed E-state index contributed by atoms with van der Waals surface area (Å²) in [4.78, 5) is 12.1. The number of methoxy groups -OCH3 is 1. The number of halogens is 1. The molecule has 0 heterocycles. The smallest absolute Gasteiger partial charge is 0.251 e. The molecule has 23 heavy (non-hydrogen) atoms. The average Bonchev–Trinajstić information content (AvgIpc) is 2.51. The van der Waals surface area contributed by atoms with Crippen molar-refractivity contribution in [2.24, 2.45) is 11.7 Å². The second-order valence-corrected chi connectivity index (χ2v) is 5.65. The van der Waals surface area contributed by atoms with Crippen molar-refractivity contribution in [2.45, 2.75) is 33.1 Å². The van der Waals surface area contributed by atoms with E-state index in [0.29, 0.717) is 42.7 Å². The van der Waals surface area contributed by atoms with Crippen LogP contribution in [0.3, 0.4) is 0 Å². The number of nitrogens with one attached hydrogen (secondary N) is 1. The van der Waals surface area contributed by atoms with Gasteiger partial charge in [-0.2, -0.15) is 0 Å². The minimum Gasteiger partial charge on any atom is -0.493 e. The number of benzene rings is 1. The first-order chi connectivity index (χ1) is 10.6. The Kier molecular flexibility index (Phi) is 11.3. The number of carbonyl (C=O) groups is 1. The molecule has 0 saturated heterocycles. The summed E-state index contributed by atoms with van der Waals surface area (Å²) in [6, 6.07) is 5.25. The molecule has 0 saturated carbocycles. The fraction of sp³-hybridized carbons (Fsp3) is 0.588. The first-order valence-corrected chi connectivity index (χ1v) is 7.87. The third-order valence-corrected chi connectivity index (χ3v) is 3.30. The van der Waals surface area contributed by atoms with E-state index < -0.39 is 0 Å². The standard InChI is InChI=1S/C17H28N2O3.ClH/c1-13(2)8-11-22-15-7-6-14(12-16(15)21-3)17(20)19-10-5-4-9-18;/h6-7,12-13H,4-5,8-11,18H2,1-3H3,(H,19,20);1H. The lowest BCUT2D eigenvalue weighted by Gasteiger charge is -2.13. The van der Waals surface area contributed by atoms with Crippen molar-refractivity contribution < 1.29 is 14.3 Å². The van der Waals surface area contributed by atoms with Crippen LogP contribution in [0.4, 0.5) is 0 Å². The molecule has 1 aromatic carbocycles. The van der Waals surface area contributed by atoms with Crippen LogP contribution in [0.2, 0.25) is 0 Å². The molecule has 5 nitrogen and oxygen atoms in total. The maximum Gasteiger partial charge on any atom is 0.251 e. The number of hydrogen-bond acceptors (Lipinski definition) is 4. The van der Waals surface area contributed by atoms with Crippen LogP contribution in [0.25, 0.3) is 0 Å². The number of hydrogen-bond donors (Lipinski definition) is 2. The summed E-state index contributed by atoms with van der Waals surface area (Å²) in [6.45, 7) is 6.22. The van der Waals surface area contributed by atoms with Crippen LogP contribution >= 0.6 is 12.4 Å². The zero-order valence-electron chi connectivity index (χ0n) is 14.3. The molecule has 132 valence electrons. The molecule has 6 heteroatoms. The molecule has 0 aliphatic rings. The fourth-order valence-corrected chi connectivity index (χ4v) is 1.91. The highest BCUT2D eigenvalue weighted by molar-refractivity contribution is 5.94. The normalized spacial score (nSPS) is 10.1. The van der Waals surface area contributed by atoms with Crippen LogP contribution in [0, 0.1) is 5.92 Å². The first kappa shape index (κ1) is 21.5. The summed E-state index contributed by atoms with van der Waals surface area (Å²) in [7, 11) is 1.58. The van der Waals surface area contributed by atoms with Crippen molar-refractivity contribution in [1.29, 1.82) is 0 Å². The Balaban J connectivity index is 0.00000484. The van der Waals surface area contributed by atoms with E-state index in [-0.39, 0.29) is 18.3 Å². The molecule has 0 bridgehead atoms. The van der Waals surface area contributed by atoms with Gasteiger partial charge in [0.1, 0.15) is 0 Å². The summed E-state index contributed by atoms with van der Waals surface area (Å²) in [5.74, 6) is 1.73. The van der Waals surface area contributed by atoms with Crippen LogP contribution < -0.4 is 20.5 Å². The number of nitrogens with two attached hydrogens (primary N) is 1. The molecular formula is C17H29ClN2O3. The predicted molar refractivity (Wildman–Crippen MR) is 95.8 cm³/mol. The van der Waals surface area contributed by atoms with Crippen molar-refractivity contribution in [1.82, 2.24) is 5.32 Å². The maximum atomic E-state index is 12.1. The van der Waals surface area contributed by atoms with E-state index in [9.17, 15) is 4.79 Å². The van der Waals surface area contributed by atoms with Gasteiger partial charge in [-0.25, -0.2) is 0 Å². The Hall–Kier alpha value is -1.46. The van der Waals surface area contributed by atoms with Crippen molar-refractivity contribution in [2.75, 3.05) is 26.8 Å². The van der Waals surface area contributed by atoms with E-state index in [1.54, 1.807) is 25.3 Å². The molecule has 0 aromatic heterocycles. The van der Waals surface area contributed by atoms with Crippen LogP contribution in [-0.2, 0) is 0 Å². The monoisotopic (exact) mass is 344 g/mol. The van der Waals surface area contributed by atoms with E-state index >= 15 is 0 Å². The largest absolute Gasteiger partial charge is 0.493 e. The van der Waals surface area contributed by atoms with E-state index in [2.05, 4.69) is 19.2 Å². The molecule has 1 amide bonds. The third-order valence-electron chi connectivity index (χ3n) is 3.30. The highest BCUT2D eigenvalue weighted by atomic mass is 35.5. The molecule has 0 spiro atoms. The molecule has 0 atom stereocenters. The highest BCUT2D eigenvalue weighted by Crippen LogP contribution is 2.28. The number of unbranched alkanes of at least 4 members (excludes halogenated alkanes) is 1. The minimum absolute atomic E-state index is 0. The quantitative estimate of drug-likeness (QED) is 0.640. The number of rotatable bonds is 10. The van der Waals surface area contributed by atoms with Crippen LogP contribution in [0.5, 0.6) is 11.5 Å². The second kappa shape index (κ2) is 12.0. The Morgan fingerprint density at radius 2 is 2.00 bits per heavy atom. The van der Waals surface area contributed by atoms with Gasteiger partial charge in [0.25, 0.3) is 5.91 Å². The van der Waals surface area contributed by atoms with Crippen LogP contribution in [0.15, 0.2) is 18.2 Å². The molecule has 0 unspecified atom stereocenters. The molecule has 3 N–H and O–H groups in total.